The van der Waals surface area contributed by atoms with Crippen LogP contribution in [0.15, 0.2) is 35.6 Å². The van der Waals surface area contributed by atoms with Gasteiger partial charge in [0, 0.05) is 24.4 Å². The fourth-order valence-corrected chi connectivity index (χ4v) is 4.24. The first-order valence-electron chi connectivity index (χ1n) is 8.42. The molecule has 4 heteroatoms. The molecule has 1 aromatic heterocycles. The third-order valence-corrected chi connectivity index (χ3v) is 5.77. The van der Waals surface area contributed by atoms with Crippen LogP contribution >= 0.6 is 0 Å². The van der Waals surface area contributed by atoms with Crippen LogP contribution in [0.25, 0.3) is 11.6 Å². The predicted octanol–water partition coefficient (Wildman–Crippen LogP) is 3.61. The number of nitrogens with zero attached hydrogens (tertiary/aromatic N) is 2. The monoisotopic (exact) mass is 317 g/mol. The average molecular weight is 317 g/mol. The van der Waals surface area contributed by atoms with Crippen molar-refractivity contribution in [3.8, 4) is 5.75 Å². The highest BCUT2D eigenvalue weighted by Crippen LogP contribution is 2.53. The highest BCUT2D eigenvalue weighted by Gasteiger charge is 2.47. The Morgan fingerprint density at radius 3 is 2.83 bits per heavy atom. The van der Waals surface area contributed by atoms with E-state index in [4.69, 9.17) is 10.5 Å². The summed E-state index contributed by atoms with van der Waals surface area (Å²) in [6, 6.07) is 6.37. The highest BCUT2D eigenvalue weighted by atomic mass is 16.5. The maximum Gasteiger partial charge on any atom is 0.126 e. The molecule has 2 aliphatic carbocycles. The van der Waals surface area contributed by atoms with Crippen molar-refractivity contribution in [1.82, 2.24) is 4.98 Å². The number of fused-ring (bicyclic) bond motifs is 3. The summed E-state index contributed by atoms with van der Waals surface area (Å²) in [5.74, 6) is 1.69. The number of allylic oxidation sites excluding steroid dienone is 1. The van der Waals surface area contributed by atoms with Crippen molar-refractivity contribution in [3.63, 3.8) is 0 Å². The fourth-order valence-electron chi connectivity index (χ4n) is 4.24. The van der Waals surface area contributed by atoms with Gasteiger partial charge in [-0.2, -0.15) is 0 Å². The van der Waals surface area contributed by atoms with E-state index in [2.05, 4.69) is 34.3 Å². The zero-order valence-electron chi connectivity index (χ0n) is 13.7. The molecular formula is C20H19N3O. The number of methoxy groups -OCH3 is 1. The molecular weight excluding hydrogens is 298 g/mol. The Morgan fingerprint density at radius 1 is 1.25 bits per heavy atom. The molecule has 1 aliphatic heterocycles. The maximum atomic E-state index is 6.28. The normalized spacial score (nSPS) is 19.4. The van der Waals surface area contributed by atoms with E-state index >= 15 is 0 Å². The molecule has 1 fully saturated rings. The second-order valence-electron chi connectivity index (χ2n) is 6.92. The minimum absolute atomic E-state index is 0.0297. The molecule has 120 valence electrons. The Kier molecular flexibility index (Phi) is 2.70. The van der Waals surface area contributed by atoms with Crippen LogP contribution in [0.3, 0.4) is 0 Å². The number of hydrogen-bond donors (Lipinski definition) is 1. The molecule has 24 heavy (non-hydrogen) atoms. The van der Waals surface area contributed by atoms with Crippen LogP contribution in [0.4, 0.5) is 5.69 Å². The first-order chi connectivity index (χ1) is 11.7. The number of amidine groups is 1. The smallest absolute Gasteiger partial charge is 0.126 e. The minimum atomic E-state index is -0.0297. The van der Waals surface area contributed by atoms with E-state index in [1.807, 2.05) is 12.4 Å². The largest absolute Gasteiger partial charge is 0.496 e. The van der Waals surface area contributed by atoms with Gasteiger partial charge in [0.25, 0.3) is 0 Å². The van der Waals surface area contributed by atoms with E-state index in [1.165, 1.54) is 28.7 Å². The molecule has 1 saturated carbocycles. The van der Waals surface area contributed by atoms with Gasteiger partial charge in [0.2, 0.25) is 0 Å². The lowest BCUT2D eigenvalue weighted by molar-refractivity contribution is 0.342. The van der Waals surface area contributed by atoms with Crippen LogP contribution in [0, 0.1) is 0 Å². The van der Waals surface area contributed by atoms with Gasteiger partial charge in [0.1, 0.15) is 11.6 Å². The number of aliphatic imine (C=N–C) groups is 1. The van der Waals surface area contributed by atoms with Crippen molar-refractivity contribution < 1.29 is 4.74 Å². The molecule has 2 N–H and O–H groups in total. The molecule has 0 atom stereocenters. The standard InChI is InChI=1S/C20H19N3O/c1-24-18-10-16-17(23-19(21)20(16)4-2-5-20)9-15(18)13-7-12-3-6-22-11-14(12)8-13/h3,6-7,9-11H,2,4-5,8H2,1H3,(H2,21,23). The number of pyridine rings is 1. The summed E-state index contributed by atoms with van der Waals surface area (Å²) in [6.07, 6.45) is 10.3. The Bertz CT molecular complexity index is 922. The van der Waals surface area contributed by atoms with Crippen molar-refractivity contribution in [2.45, 2.75) is 31.1 Å². The number of benzene rings is 1. The Morgan fingerprint density at radius 2 is 2.12 bits per heavy atom. The number of aromatic nitrogens is 1. The SMILES string of the molecule is COc1cc2c(cc1C1=Cc3ccncc3C1)N=C(N)C21CCC1. The molecule has 2 heterocycles. The zero-order chi connectivity index (χ0) is 16.3. The van der Waals surface area contributed by atoms with E-state index in [-0.39, 0.29) is 5.41 Å². The van der Waals surface area contributed by atoms with Crippen molar-refractivity contribution >= 4 is 23.2 Å². The maximum absolute atomic E-state index is 6.28. The third kappa shape index (κ3) is 1.68. The van der Waals surface area contributed by atoms with Crippen LogP contribution in [-0.4, -0.2) is 17.9 Å². The van der Waals surface area contributed by atoms with Crippen molar-refractivity contribution in [1.29, 1.82) is 0 Å². The van der Waals surface area contributed by atoms with Gasteiger partial charge in [-0.25, -0.2) is 4.99 Å². The Balaban J connectivity index is 1.63. The lowest BCUT2D eigenvalue weighted by Crippen LogP contribution is -2.44. The van der Waals surface area contributed by atoms with E-state index < -0.39 is 0 Å². The summed E-state index contributed by atoms with van der Waals surface area (Å²) in [5.41, 5.74) is 13.4. The van der Waals surface area contributed by atoms with E-state index in [0.29, 0.717) is 0 Å². The lowest BCUT2D eigenvalue weighted by atomic mass is 9.64. The van der Waals surface area contributed by atoms with Gasteiger partial charge < -0.3 is 10.5 Å². The van der Waals surface area contributed by atoms with E-state index in [0.717, 1.165) is 42.1 Å². The van der Waals surface area contributed by atoms with Gasteiger partial charge in [-0.3, -0.25) is 4.98 Å². The number of rotatable bonds is 2. The molecule has 0 unspecified atom stereocenters. The summed E-state index contributed by atoms with van der Waals surface area (Å²) < 4.78 is 5.73. The molecule has 0 saturated heterocycles. The van der Waals surface area contributed by atoms with Gasteiger partial charge >= 0.3 is 0 Å². The molecule has 5 rings (SSSR count). The fraction of sp³-hybridized carbons (Fsp3) is 0.300. The van der Waals surface area contributed by atoms with Gasteiger partial charge in [-0.15, -0.1) is 0 Å². The van der Waals surface area contributed by atoms with Crippen LogP contribution in [0.1, 0.15) is 41.5 Å². The highest BCUT2D eigenvalue weighted by molar-refractivity contribution is 6.01. The predicted molar refractivity (Wildman–Crippen MR) is 95.6 cm³/mol. The van der Waals surface area contributed by atoms with Crippen molar-refractivity contribution in [3.05, 3.63) is 52.8 Å². The molecule has 1 aromatic carbocycles. The summed E-state index contributed by atoms with van der Waals surface area (Å²) in [5, 5.41) is 0. The molecule has 0 bridgehead atoms. The van der Waals surface area contributed by atoms with E-state index in [9.17, 15) is 0 Å². The third-order valence-electron chi connectivity index (χ3n) is 5.77. The summed E-state index contributed by atoms with van der Waals surface area (Å²) in [4.78, 5) is 8.91. The molecule has 3 aliphatic rings. The number of nitrogens with two attached hydrogens (primary N) is 1. The molecule has 0 amide bonds. The second-order valence-corrected chi connectivity index (χ2v) is 6.92. The van der Waals surface area contributed by atoms with Crippen LogP contribution < -0.4 is 10.5 Å². The van der Waals surface area contributed by atoms with Crippen molar-refractivity contribution in [2.75, 3.05) is 7.11 Å². The Hall–Kier alpha value is -2.62. The zero-order valence-corrected chi connectivity index (χ0v) is 13.7. The molecule has 2 aromatic rings. The Labute approximate surface area is 141 Å². The van der Waals surface area contributed by atoms with Crippen LogP contribution in [-0.2, 0) is 11.8 Å². The lowest BCUT2D eigenvalue weighted by Gasteiger charge is -2.39. The number of ether oxygens (including phenoxy) is 1. The minimum Gasteiger partial charge on any atom is -0.496 e. The van der Waals surface area contributed by atoms with Crippen LogP contribution in [0.5, 0.6) is 5.75 Å². The summed E-state index contributed by atoms with van der Waals surface area (Å²) in [6.45, 7) is 0. The van der Waals surface area contributed by atoms with E-state index in [1.54, 1.807) is 7.11 Å². The van der Waals surface area contributed by atoms with Crippen molar-refractivity contribution in [2.24, 2.45) is 10.7 Å². The average Bonchev–Trinajstić information content (AvgIpc) is 3.10. The molecule has 0 radical (unpaired) electrons. The first-order valence-corrected chi connectivity index (χ1v) is 8.42. The van der Waals surface area contributed by atoms with Gasteiger partial charge in [-0.05, 0) is 53.3 Å². The first kappa shape index (κ1) is 13.8. The van der Waals surface area contributed by atoms with Gasteiger partial charge in [0.05, 0.1) is 18.2 Å². The van der Waals surface area contributed by atoms with Gasteiger partial charge in [0.15, 0.2) is 0 Å². The topological polar surface area (TPSA) is 60.5 Å². The quantitative estimate of drug-likeness (QED) is 0.920. The van der Waals surface area contributed by atoms with Gasteiger partial charge in [-0.1, -0.05) is 12.5 Å². The molecule has 4 nitrogen and oxygen atoms in total. The summed E-state index contributed by atoms with van der Waals surface area (Å²) >= 11 is 0. The summed E-state index contributed by atoms with van der Waals surface area (Å²) in [7, 11) is 1.74. The number of hydrogen-bond acceptors (Lipinski definition) is 4. The van der Waals surface area contributed by atoms with Crippen LogP contribution in [0.2, 0.25) is 0 Å². The molecule has 1 spiro atoms. The second kappa shape index (κ2) is 4.69.